The molecule has 0 bridgehead atoms. The highest BCUT2D eigenvalue weighted by Crippen LogP contribution is 2.33. The number of carbonyl (C=O) groups excluding carboxylic acids is 2. The van der Waals surface area contributed by atoms with E-state index in [4.69, 9.17) is 27.9 Å². The Morgan fingerprint density at radius 2 is 1.87 bits per heavy atom. The lowest BCUT2D eigenvalue weighted by molar-refractivity contribution is -0.147. The zero-order valence-corrected chi connectivity index (χ0v) is 18.3. The maximum atomic E-state index is 14.2. The molecule has 1 fully saturated rings. The molecular weight excluding hydrogens is 444 g/mol. The number of hydrogen-bond donors (Lipinski definition) is 1. The van der Waals surface area contributed by atoms with Crippen LogP contribution in [0.4, 0.5) is 4.39 Å². The number of carbonyl (C=O) groups is 2. The van der Waals surface area contributed by atoms with Crippen molar-refractivity contribution in [1.29, 1.82) is 0 Å². The summed E-state index contributed by atoms with van der Waals surface area (Å²) in [5.74, 6) is -2.30. The van der Waals surface area contributed by atoms with Gasteiger partial charge in [0, 0.05) is 22.7 Å². The number of aromatic hydroxyl groups is 1. The smallest absolute Gasteiger partial charge is 0.310 e. The van der Waals surface area contributed by atoms with Crippen molar-refractivity contribution in [2.75, 3.05) is 0 Å². The molecule has 162 valence electrons. The molecule has 0 spiro atoms. The molecule has 1 N–H and O–H groups in total. The number of aromatic nitrogens is 1. The van der Waals surface area contributed by atoms with Crippen molar-refractivity contribution in [2.24, 2.45) is 0 Å². The number of hydrogen-bond acceptors (Lipinski definition) is 4. The number of fused-ring (bicyclic) bond motifs is 1. The van der Waals surface area contributed by atoms with Gasteiger partial charge < -0.3 is 9.84 Å². The molecule has 0 aliphatic heterocycles. The van der Waals surface area contributed by atoms with Crippen molar-refractivity contribution in [2.45, 2.75) is 45.1 Å². The van der Waals surface area contributed by atoms with Crippen molar-refractivity contribution in [3.8, 4) is 5.75 Å². The number of phenols is 1. The van der Waals surface area contributed by atoms with E-state index in [1.807, 2.05) is 0 Å². The minimum atomic E-state index is -0.867. The first-order valence-corrected chi connectivity index (χ1v) is 10.7. The van der Waals surface area contributed by atoms with Crippen LogP contribution in [0.2, 0.25) is 10.0 Å². The summed E-state index contributed by atoms with van der Waals surface area (Å²) < 4.78 is 21.1. The van der Waals surface area contributed by atoms with Crippen LogP contribution in [0.1, 0.15) is 47.3 Å². The van der Waals surface area contributed by atoms with Crippen molar-refractivity contribution >= 4 is 46.0 Å². The molecule has 0 atom stereocenters. The number of esters is 1. The minimum Gasteiger partial charge on any atom is -0.505 e. The van der Waals surface area contributed by atoms with Gasteiger partial charge in [-0.1, -0.05) is 23.2 Å². The zero-order chi connectivity index (χ0) is 22.3. The quantitative estimate of drug-likeness (QED) is 0.495. The van der Waals surface area contributed by atoms with Gasteiger partial charge in [0.1, 0.15) is 6.10 Å². The van der Waals surface area contributed by atoms with Gasteiger partial charge in [0.2, 0.25) is 0 Å². The number of benzene rings is 2. The van der Waals surface area contributed by atoms with Gasteiger partial charge in [-0.05, 0) is 62.4 Å². The molecule has 1 aliphatic rings. The fourth-order valence-corrected chi connectivity index (χ4v) is 4.41. The average molecular weight is 464 g/mol. The van der Waals surface area contributed by atoms with Gasteiger partial charge >= 0.3 is 5.97 Å². The first-order chi connectivity index (χ1) is 14.8. The summed E-state index contributed by atoms with van der Waals surface area (Å²) in [5.41, 5.74) is 1.46. The highest BCUT2D eigenvalue weighted by Gasteiger charge is 2.25. The van der Waals surface area contributed by atoms with Crippen molar-refractivity contribution in [3.63, 3.8) is 0 Å². The lowest BCUT2D eigenvalue weighted by Gasteiger charge is -2.12. The Bertz CT molecular complexity index is 1200. The van der Waals surface area contributed by atoms with Crippen molar-refractivity contribution in [1.82, 2.24) is 4.57 Å². The lowest BCUT2D eigenvalue weighted by Crippen LogP contribution is -2.17. The summed E-state index contributed by atoms with van der Waals surface area (Å²) in [4.78, 5) is 25.8. The van der Waals surface area contributed by atoms with Gasteiger partial charge in [-0.2, -0.15) is 0 Å². The molecule has 0 unspecified atom stereocenters. The zero-order valence-electron chi connectivity index (χ0n) is 16.8. The molecule has 1 heterocycles. The van der Waals surface area contributed by atoms with Crippen LogP contribution < -0.4 is 0 Å². The Balaban J connectivity index is 1.78. The molecule has 3 aromatic rings. The SMILES string of the molecule is Cc1c(CC(=O)OC2CCCC2)c2cc(O)c(F)cc2n1C(=O)c1ccc(Cl)c(Cl)c1. The van der Waals surface area contributed by atoms with E-state index < -0.39 is 23.4 Å². The Labute approximate surface area is 188 Å². The van der Waals surface area contributed by atoms with E-state index in [1.165, 1.54) is 28.8 Å². The fourth-order valence-electron chi connectivity index (χ4n) is 4.11. The number of rotatable bonds is 4. The molecule has 0 amide bonds. The van der Waals surface area contributed by atoms with Gasteiger partial charge in [-0.25, -0.2) is 4.39 Å². The topological polar surface area (TPSA) is 68.5 Å². The van der Waals surface area contributed by atoms with Crippen LogP contribution in [0.15, 0.2) is 30.3 Å². The molecule has 8 heteroatoms. The van der Waals surface area contributed by atoms with Gasteiger partial charge in [-0.15, -0.1) is 0 Å². The molecule has 0 saturated heterocycles. The molecule has 5 nitrogen and oxygen atoms in total. The van der Waals surface area contributed by atoms with E-state index >= 15 is 0 Å². The fraction of sp³-hybridized carbons (Fsp3) is 0.304. The highest BCUT2D eigenvalue weighted by molar-refractivity contribution is 6.42. The first-order valence-electron chi connectivity index (χ1n) is 9.98. The average Bonchev–Trinajstić information content (AvgIpc) is 3.31. The van der Waals surface area contributed by atoms with Gasteiger partial charge in [-0.3, -0.25) is 14.2 Å². The molecule has 1 aromatic heterocycles. The van der Waals surface area contributed by atoms with Gasteiger partial charge in [0.25, 0.3) is 5.91 Å². The Kier molecular flexibility index (Phi) is 5.95. The second-order valence-electron chi connectivity index (χ2n) is 7.73. The third kappa shape index (κ3) is 4.14. The summed E-state index contributed by atoms with van der Waals surface area (Å²) in [6, 6.07) is 6.77. The van der Waals surface area contributed by atoms with E-state index in [0.29, 0.717) is 21.7 Å². The molecule has 2 aromatic carbocycles. The molecule has 31 heavy (non-hydrogen) atoms. The Morgan fingerprint density at radius 1 is 1.16 bits per heavy atom. The monoisotopic (exact) mass is 463 g/mol. The number of halogens is 3. The molecule has 1 aliphatic carbocycles. The summed E-state index contributed by atoms with van der Waals surface area (Å²) in [5, 5.41) is 10.8. The van der Waals surface area contributed by atoms with Crippen molar-refractivity contribution < 1.29 is 23.8 Å². The number of nitrogens with zero attached hydrogens (tertiary/aromatic N) is 1. The molecular formula is C23H20Cl2FNO4. The van der Waals surface area contributed by atoms with Crippen molar-refractivity contribution in [3.05, 3.63) is 63.0 Å². The van der Waals surface area contributed by atoms with Crippen LogP contribution in [-0.4, -0.2) is 27.7 Å². The predicted molar refractivity (Wildman–Crippen MR) is 117 cm³/mol. The molecule has 4 rings (SSSR count). The second kappa shape index (κ2) is 8.52. The third-order valence-electron chi connectivity index (χ3n) is 5.69. The Hall–Kier alpha value is -2.57. The maximum Gasteiger partial charge on any atom is 0.310 e. The molecule has 0 radical (unpaired) electrons. The van der Waals surface area contributed by atoms with Gasteiger partial charge in [0.05, 0.1) is 22.0 Å². The standard InChI is InChI=1S/C23H20Cl2FNO4/c1-12-15(10-22(29)31-14-4-2-3-5-14)16-9-21(28)19(26)11-20(16)27(12)23(30)13-6-7-17(24)18(25)8-13/h6-9,11,14,28H,2-5,10H2,1H3. The summed E-state index contributed by atoms with van der Waals surface area (Å²) in [7, 11) is 0. The van der Waals surface area contributed by atoms with E-state index in [0.717, 1.165) is 31.7 Å². The maximum absolute atomic E-state index is 14.2. The Morgan fingerprint density at radius 3 is 2.55 bits per heavy atom. The van der Waals surface area contributed by atoms with E-state index in [2.05, 4.69) is 0 Å². The predicted octanol–water partition coefficient (Wildman–Crippen LogP) is 5.82. The van der Waals surface area contributed by atoms with Crippen LogP contribution in [0, 0.1) is 12.7 Å². The second-order valence-corrected chi connectivity index (χ2v) is 8.54. The lowest BCUT2D eigenvalue weighted by atomic mass is 10.1. The minimum absolute atomic E-state index is 0.0917. The van der Waals surface area contributed by atoms with Crippen LogP contribution >= 0.6 is 23.2 Å². The largest absolute Gasteiger partial charge is 0.505 e. The van der Waals surface area contributed by atoms with Crippen LogP contribution in [0.3, 0.4) is 0 Å². The van der Waals surface area contributed by atoms with Crippen LogP contribution in [-0.2, 0) is 16.0 Å². The van der Waals surface area contributed by atoms with Crippen LogP contribution in [0.25, 0.3) is 10.9 Å². The van der Waals surface area contributed by atoms with E-state index in [1.54, 1.807) is 6.92 Å². The van der Waals surface area contributed by atoms with E-state index in [9.17, 15) is 19.1 Å². The number of ether oxygens (including phenoxy) is 1. The summed E-state index contributed by atoms with van der Waals surface area (Å²) >= 11 is 12.0. The highest BCUT2D eigenvalue weighted by atomic mass is 35.5. The van der Waals surface area contributed by atoms with E-state index in [-0.39, 0.29) is 28.6 Å². The molecule has 1 saturated carbocycles. The summed E-state index contributed by atoms with van der Waals surface area (Å²) in [6.07, 6.45) is 3.56. The van der Waals surface area contributed by atoms with Gasteiger partial charge in [0.15, 0.2) is 11.6 Å². The normalized spacial score (nSPS) is 14.3. The third-order valence-corrected chi connectivity index (χ3v) is 6.43. The number of phenolic OH excluding ortho intramolecular Hbond substituents is 1. The van der Waals surface area contributed by atoms with Crippen LogP contribution in [0.5, 0.6) is 5.75 Å². The first kappa shape index (κ1) is 21.7. The summed E-state index contributed by atoms with van der Waals surface area (Å²) in [6.45, 7) is 1.67.